The highest BCUT2D eigenvalue weighted by Crippen LogP contribution is 2.36. The molecule has 1 fully saturated rings. The molecule has 6 nitrogen and oxygen atoms in total. The van der Waals surface area contributed by atoms with Crippen molar-refractivity contribution in [1.29, 1.82) is 0 Å². The first-order valence-corrected chi connectivity index (χ1v) is 10.3. The molecule has 1 N–H and O–H groups in total. The molecule has 142 valence electrons. The Morgan fingerprint density at radius 3 is 2.44 bits per heavy atom. The molecule has 4 rings (SSSR count). The summed E-state index contributed by atoms with van der Waals surface area (Å²) in [4.78, 5) is 26.9. The van der Waals surface area contributed by atoms with Gasteiger partial charge in [0.15, 0.2) is 0 Å². The number of fused-ring (bicyclic) bond motifs is 1. The maximum atomic E-state index is 13.3. The zero-order valence-electron chi connectivity index (χ0n) is 14.9. The fourth-order valence-electron chi connectivity index (χ4n) is 3.49. The maximum absolute atomic E-state index is 13.3. The molecule has 27 heavy (non-hydrogen) atoms. The van der Waals surface area contributed by atoms with Crippen LogP contribution in [0.5, 0.6) is 0 Å². The molecule has 2 aliphatic heterocycles. The van der Waals surface area contributed by atoms with Gasteiger partial charge in [0.2, 0.25) is 0 Å². The molecule has 0 saturated carbocycles. The third-order valence-electron chi connectivity index (χ3n) is 4.94. The Balaban J connectivity index is 1.60. The van der Waals surface area contributed by atoms with Crippen molar-refractivity contribution < 1.29 is 14.0 Å². The van der Waals surface area contributed by atoms with Gasteiger partial charge in [0.1, 0.15) is 11.6 Å². The van der Waals surface area contributed by atoms with Gasteiger partial charge in [-0.1, -0.05) is 12.8 Å². The molecule has 2 aliphatic rings. The molecule has 3 heterocycles. The summed E-state index contributed by atoms with van der Waals surface area (Å²) < 4.78 is 14.9. The molecule has 2 aromatic rings. The van der Waals surface area contributed by atoms with E-state index in [1.54, 1.807) is 33.5 Å². The quantitative estimate of drug-likeness (QED) is 0.803. The van der Waals surface area contributed by atoms with Crippen LogP contribution < -0.4 is 5.32 Å². The van der Waals surface area contributed by atoms with Crippen LogP contribution in [0.1, 0.15) is 36.9 Å². The van der Waals surface area contributed by atoms with E-state index in [0.29, 0.717) is 24.6 Å². The first kappa shape index (κ1) is 18.0. The van der Waals surface area contributed by atoms with Crippen LogP contribution >= 0.6 is 11.8 Å². The minimum Gasteiger partial charge on any atom is -0.334 e. The number of hydrogen-bond donors (Lipinski definition) is 1. The van der Waals surface area contributed by atoms with Gasteiger partial charge in [-0.3, -0.25) is 9.59 Å². The summed E-state index contributed by atoms with van der Waals surface area (Å²) in [5, 5.41) is 7.35. The summed E-state index contributed by atoms with van der Waals surface area (Å²) in [5.41, 5.74) is 2.47. The lowest BCUT2D eigenvalue weighted by molar-refractivity contribution is -0.143. The maximum Gasteiger partial charge on any atom is 0.315 e. The molecule has 1 aromatic carbocycles. The van der Waals surface area contributed by atoms with Gasteiger partial charge in [-0.15, -0.1) is 0 Å². The molecule has 0 spiro atoms. The zero-order chi connectivity index (χ0) is 18.8. The summed E-state index contributed by atoms with van der Waals surface area (Å²) in [6.45, 7) is 1.24. The van der Waals surface area contributed by atoms with Crippen molar-refractivity contribution in [1.82, 2.24) is 14.7 Å². The van der Waals surface area contributed by atoms with Crippen molar-refractivity contribution in [3.63, 3.8) is 0 Å². The summed E-state index contributed by atoms with van der Waals surface area (Å²) in [5.74, 6) is 0.519. The number of carbonyl (C=O) groups excluding carboxylic acids is 2. The number of halogens is 1. The minimum atomic E-state index is -0.639. The molecule has 0 aliphatic carbocycles. The molecule has 0 bridgehead atoms. The van der Waals surface area contributed by atoms with Gasteiger partial charge in [-0.05, 0) is 37.1 Å². The molecular weight excluding hydrogens is 367 g/mol. The van der Waals surface area contributed by atoms with E-state index in [1.807, 2.05) is 0 Å². The standard InChI is InChI=1S/C19H21FN4O2S/c20-13-5-7-14(8-6-13)24-17(15-11-27-12-16(15)22-24)21-18(25)19(26)23-9-3-1-2-4-10-23/h5-8H,1-4,9-12H2,(H,21,25). The first-order valence-electron chi connectivity index (χ1n) is 9.18. The Morgan fingerprint density at radius 1 is 1.04 bits per heavy atom. The van der Waals surface area contributed by atoms with E-state index in [2.05, 4.69) is 10.4 Å². The second-order valence-electron chi connectivity index (χ2n) is 6.82. The van der Waals surface area contributed by atoms with Crippen LogP contribution in [-0.4, -0.2) is 39.6 Å². The number of carbonyl (C=O) groups is 2. The Hall–Kier alpha value is -2.35. The third-order valence-corrected chi connectivity index (χ3v) is 5.91. The number of rotatable bonds is 2. The summed E-state index contributed by atoms with van der Waals surface area (Å²) in [7, 11) is 0. The second kappa shape index (κ2) is 7.72. The number of anilines is 1. The highest BCUT2D eigenvalue weighted by Gasteiger charge is 2.28. The predicted molar refractivity (Wildman–Crippen MR) is 102 cm³/mol. The largest absolute Gasteiger partial charge is 0.334 e. The van der Waals surface area contributed by atoms with Gasteiger partial charge >= 0.3 is 11.8 Å². The lowest BCUT2D eigenvalue weighted by Crippen LogP contribution is -2.40. The minimum absolute atomic E-state index is 0.337. The number of nitrogens with one attached hydrogen (secondary N) is 1. The zero-order valence-corrected chi connectivity index (χ0v) is 15.7. The number of aromatic nitrogens is 2. The van der Waals surface area contributed by atoms with Crippen molar-refractivity contribution in [2.24, 2.45) is 0 Å². The van der Waals surface area contributed by atoms with E-state index < -0.39 is 11.8 Å². The van der Waals surface area contributed by atoms with Gasteiger partial charge < -0.3 is 10.2 Å². The highest BCUT2D eigenvalue weighted by molar-refractivity contribution is 7.98. The number of hydrogen-bond acceptors (Lipinski definition) is 4. The molecule has 1 aromatic heterocycles. The van der Waals surface area contributed by atoms with E-state index in [9.17, 15) is 14.0 Å². The average molecular weight is 388 g/mol. The van der Waals surface area contributed by atoms with Crippen LogP contribution in [0.25, 0.3) is 5.69 Å². The number of thioether (sulfide) groups is 1. The predicted octanol–water partition coefficient (Wildman–Crippen LogP) is 3.10. The number of amides is 2. The smallest absolute Gasteiger partial charge is 0.315 e. The lowest BCUT2D eigenvalue weighted by Gasteiger charge is -2.20. The van der Waals surface area contributed by atoms with E-state index >= 15 is 0 Å². The van der Waals surface area contributed by atoms with Crippen LogP contribution in [0.3, 0.4) is 0 Å². The van der Waals surface area contributed by atoms with E-state index in [1.165, 1.54) is 12.1 Å². The Bertz CT molecular complexity index is 857. The third kappa shape index (κ3) is 3.71. The Morgan fingerprint density at radius 2 is 1.74 bits per heavy atom. The molecule has 8 heteroatoms. The van der Waals surface area contributed by atoms with Crippen molar-refractivity contribution in [2.75, 3.05) is 18.4 Å². The van der Waals surface area contributed by atoms with E-state index in [0.717, 1.165) is 48.4 Å². The molecular formula is C19H21FN4O2S. The number of likely N-dealkylation sites (tertiary alicyclic amines) is 1. The fraction of sp³-hybridized carbons (Fsp3) is 0.421. The van der Waals surface area contributed by atoms with Crippen LogP contribution in [0, 0.1) is 5.82 Å². The first-order chi connectivity index (χ1) is 13.1. The summed E-state index contributed by atoms with van der Waals surface area (Å²) >= 11 is 1.71. The monoisotopic (exact) mass is 388 g/mol. The summed E-state index contributed by atoms with van der Waals surface area (Å²) in [6, 6.07) is 5.92. The molecule has 0 unspecified atom stereocenters. The van der Waals surface area contributed by atoms with Crippen molar-refractivity contribution in [3.05, 3.63) is 41.3 Å². The van der Waals surface area contributed by atoms with Crippen molar-refractivity contribution in [3.8, 4) is 5.69 Å². The lowest BCUT2D eigenvalue weighted by atomic mass is 10.2. The van der Waals surface area contributed by atoms with E-state index in [-0.39, 0.29) is 5.82 Å². The van der Waals surface area contributed by atoms with Gasteiger partial charge in [0, 0.05) is 30.2 Å². The molecule has 2 amide bonds. The molecule has 0 atom stereocenters. The Labute approximate surface area is 161 Å². The highest BCUT2D eigenvalue weighted by atomic mass is 32.2. The summed E-state index contributed by atoms with van der Waals surface area (Å²) in [6.07, 6.45) is 4.04. The van der Waals surface area contributed by atoms with Crippen LogP contribution in [-0.2, 0) is 21.1 Å². The molecule has 1 saturated heterocycles. The van der Waals surface area contributed by atoms with Crippen LogP contribution in [0.4, 0.5) is 10.2 Å². The van der Waals surface area contributed by atoms with Crippen molar-refractivity contribution >= 4 is 29.4 Å². The van der Waals surface area contributed by atoms with E-state index in [4.69, 9.17) is 0 Å². The fourth-order valence-corrected chi connectivity index (χ4v) is 4.52. The SMILES string of the molecule is O=C(Nc1c2c(nn1-c1ccc(F)cc1)CSC2)C(=O)N1CCCCCC1. The van der Waals surface area contributed by atoms with Crippen molar-refractivity contribution in [2.45, 2.75) is 37.2 Å². The van der Waals surface area contributed by atoms with Gasteiger partial charge in [0.05, 0.1) is 11.4 Å². The second-order valence-corrected chi connectivity index (χ2v) is 7.80. The van der Waals surface area contributed by atoms with Gasteiger partial charge in [-0.25, -0.2) is 9.07 Å². The van der Waals surface area contributed by atoms with Gasteiger partial charge in [-0.2, -0.15) is 16.9 Å². The van der Waals surface area contributed by atoms with Gasteiger partial charge in [0.25, 0.3) is 0 Å². The topological polar surface area (TPSA) is 67.2 Å². The Kier molecular flexibility index (Phi) is 5.15. The number of benzene rings is 1. The van der Waals surface area contributed by atoms with Crippen LogP contribution in [0.2, 0.25) is 0 Å². The molecule has 0 radical (unpaired) electrons. The van der Waals surface area contributed by atoms with Crippen LogP contribution in [0.15, 0.2) is 24.3 Å². The average Bonchev–Trinajstić information content (AvgIpc) is 3.14. The normalized spacial score (nSPS) is 16.7. The number of nitrogens with zero attached hydrogens (tertiary/aromatic N) is 3.